The normalized spacial score (nSPS) is 10.5. The maximum Gasteiger partial charge on any atom is 0.254 e. The van der Waals surface area contributed by atoms with Crippen LogP contribution in [-0.4, -0.2) is 10.3 Å². The number of nitrogens with zero attached hydrogens (tertiary/aromatic N) is 1. The number of fused-ring (bicyclic) bond motifs is 1. The molecule has 0 fully saturated rings. The molecule has 0 aliphatic rings. The van der Waals surface area contributed by atoms with Crippen molar-refractivity contribution in [2.45, 2.75) is 6.92 Å². The summed E-state index contributed by atoms with van der Waals surface area (Å²) in [5.41, 5.74) is 6.22. The van der Waals surface area contributed by atoms with E-state index in [-0.39, 0.29) is 11.0 Å². The number of nitrogens with two attached hydrogens (primary N) is 1. The molecule has 1 amide bonds. The van der Waals surface area contributed by atoms with Gasteiger partial charge < -0.3 is 10.1 Å². The zero-order chi connectivity index (χ0) is 11.0. The van der Waals surface area contributed by atoms with Crippen LogP contribution in [0.3, 0.4) is 0 Å². The molecule has 2 rings (SSSR count). The summed E-state index contributed by atoms with van der Waals surface area (Å²) < 4.78 is 1.77. The number of primary amides is 1. The Morgan fingerprint density at radius 3 is 2.80 bits per heavy atom. The van der Waals surface area contributed by atoms with E-state index < -0.39 is 5.91 Å². The fourth-order valence-electron chi connectivity index (χ4n) is 1.66. The van der Waals surface area contributed by atoms with Crippen LogP contribution in [0.5, 0.6) is 0 Å². The second-order valence-electron chi connectivity index (χ2n) is 3.35. The molecule has 15 heavy (non-hydrogen) atoms. The number of aromatic nitrogens is 1. The number of hydrogen-bond acceptors (Lipinski definition) is 2. The van der Waals surface area contributed by atoms with Gasteiger partial charge in [0.05, 0.1) is 5.52 Å². The maximum absolute atomic E-state index is 11.6. The third-order valence-electron chi connectivity index (χ3n) is 2.33. The minimum Gasteiger partial charge on any atom is -0.365 e. The second-order valence-corrected chi connectivity index (χ2v) is 3.35. The minimum absolute atomic E-state index is 0.0428. The maximum atomic E-state index is 11.6. The van der Waals surface area contributed by atoms with E-state index in [0.29, 0.717) is 5.52 Å². The molecular formula is C11H10N2O2. The average Bonchev–Trinajstić information content (AvgIpc) is 2.17. The third-order valence-corrected chi connectivity index (χ3v) is 2.33. The summed E-state index contributed by atoms with van der Waals surface area (Å²) in [4.78, 5) is 22.7. The summed E-state index contributed by atoms with van der Waals surface area (Å²) >= 11 is 0. The van der Waals surface area contributed by atoms with Crippen molar-refractivity contribution in [3.8, 4) is 0 Å². The fraction of sp³-hybridized carbons (Fsp3) is 0.0909. The Labute approximate surface area is 86.0 Å². The molecule has 0 unspecified atom stereocenters. The van der Waals surface area contributed by atoms with Crippen molar-refractivity contribution in [2.75, 3.05) is 0 Å². The van der Waals surface area contributed by atoms with Crippen LogP contribution in [0, 0.1) is 6.92 Å². The van der Waals surface area contributed by atoms with E-state index in [2.05, 4.69) is 0 Å². The van der Waals surface area contributed by atoms with Gasteiger partial charge in [-0.15, -0.1) is 0 Å². The summed E-state index contributed by atoms with van der Waals surface area (Å²) in [6.07, 6.45) is 1.79. The van der Waals surface area contributed by atoms with E-state index in [0.717, 1.165) is 5.69 Å². The fourth-order valence-corrected chi connectivity index (χ4v) is 1.66. The summed E-state index contributed by atoms with van der Waals surface area (Å²) in [6, 6.07) is 6.71. The van der Waals surface area contributed by atoms with Crippen LogP contribution >= 0.6 is 0 Å². The van der Waals surface area contributed by atoms with E-state index in [1.54, 1.807) is 29.7 Å². The zero-order valence-electron chi connectivity index (χ0n) is 8.23. The molecule has 0 aliphatic heterocycles. The van der Waals surface area contributed by atoms with Crippen molar-refractivity contribution in [2.24, 2.45) is 5.73 Å². The highest BCUT2D eigenvalue weighted by Crippen LogP contribution is 2.08. The van der Waals surface area contributed by atoms with Crippen LogP contribution in [0.4, 0.5) is 0 Å². The van der Waals surface area contributed by atoms with Crippen molar-refractivity contribution >= 4 is 11.4 Å². The standard InChI is InChI=1S/C11H10N2O2/c1-7-6-9(14)10(11(12)15)8-4-2-3-5-13(7)8/h2-6H,1H3,(H2,12,15). The summed E-state index contributed by atoms with van der Waals surface area (Å²) in [6.45, 7) is 1.80. The largest absolute Gasteiger partial charge is 0.365 e. The first-order chi connectivity index (χ1) is 7.11. The molecule has 0 atom stereocenters. The smallest absolute Gasteiger partial charge is 0.254 e. The summed E-state index contributed by atoms with van der Waals surface area (Å²) in [5.74, 6) is -0.691. The molecule has 0 bridgehead atoms. The lowest BCUT2D eigenvalue weighted by molar-refractivity contribution is 0.100. The van der Waals surface area contributed by atoms with Gasteiger partial charge in [0.2, 0.25) is 0 Å². The number of amides is 1. The highest BCUT2D eigenvalue weighted by molar-refractivity contribution is 5.99. The molecule has 0 radical (unpaired) electrons. The number of carbonyl (C=O) groups is 1. The van der Waals surface area contributed by atoms with Crippen LogP contribution in [-0.2, 0) is 0 Å². The van der Waals surface area contributed by atoms with Crippen LogP contribution in [0.15, 0.2) is 35.3 Å². The Hall–Kier alpha value is -2.10. The Kier molecular flexibility index (Phi) is 2.04. The van der Waals surface area contributed by atoms with Crippen LogP contribution < -0.4 is 11.2 Å². The van der Waals surface area contributed by atoms with Crippen molar-refractivity contribution in [1.29, 1.82) is 0 Å². The SMILES string of the molecule is Cc1cc(=O)c(C(N)=O)c2ccccn12. The first-order valence-electron chi connectivity index (χ1n) is 4.52. The highest BCUT2D eigenvalue weighted by Gasteiger charge is 2.11. The Bertz CT molecular complexity index is 599. The molecule has 0 saturated heterocycles. The molecule has 0 spiro atoms. The number of pyridine rings is 2. The molecule has 2 aromatic rings. The van der Waals surface area contributed by atoms with Crippen LogP contribution in [0.2, 0.25) is 0 Å². The number of carbonyl (C=O) groups excluding carboxylic acids is 1. The molecule has 2 aromatic heterocycles. The van der Waals surface area contributed by atoms with Gasteiger partial charge in [-0.1, -0.05) is 6.07 Å². The van der Waals surface area contributed by atoms with E-state index >= 15 is 0 Å². The molecule has 4 heteroatoms. The third kappa shape index (κ3) is 1.40. The van der Waals surface area contributed by atoms with Gasteiger partial charge in [-0.3, -0.25) is 9.59 Å². The molecule has 0 aliphatic carbocycles. The average molecular weight is 202 g/mol. The van der Waals surface area contributed by atoms with Gasteiger partial charge in [-0.2, -0.15) is 0 Å². The molecule has 76 valence electrons. The minimum atomic E-state index is -0.691. The highest BCUT2D eigenvalue weighted by atomic mass is 16.2. The van der Waals surface area contributed by atoms with Crippen LogP contribution in [0.25, 0.3) is 5.52 Å². The molecule has 2 N–H and O–H groups in total. The molecule has 0 saturated carbocycles. The van der Waals surface area contributed by atoms with E-state index in [1.165, 1.54) is 6.07 Å². The van der Waals surface area contributed by atoms with Gasteiger partial charge >= 0.3 is 0 Å². The molecule has 4 nitrogen and oxygen atoms in total. The lowest BCUT2D eigenvalue weighted by Gasteiger charge is -2.07. The van der Waals surface area contributed by atoms with Crippen LogP contribution in [0.1, 0.15) is 16.1 Å². The lowest BCUT2D eigenvalue weighted by atomic mass is 10.1. The number of aryl methyl sites for hydroxylation is 1. The van der Waals surface area contributed by atoms with Gasteiger partial charge in [-0.05, 0) is 19.1 Å². The number of hydrogen-bond donors (Lipinski definition) is 1. The van der Waals surface area contributed by atoms with Gasteiger partial charge in [0.1, 0.15) is 5.56 Å². The van der Waals surface area contributed by atoms with Crippen molar-refractivity contribution in [3.05, 3.63) is 51.9 Å². The summed E-state index contributed by atoms with van der Waals surface area (Å²) in [7, 11) is 0. The van der Waals surface area contributed by atoms with Gasteiger partial charge in [0, 0.05) is 18.0 Å². The zero-order valence-corrected chi connectivity index (χ0v) is 8.23. The van der Waals surface area contributed by atoms with Crippen molar-refractivity contribution in [3.63, 3.8) is 0 Å². The quantitative estimate of drug-likeness (QED) is 0.740. The molecular weight excluding hydrogens is 192 g/mol. The Morgan fingerprint density at radius 1 is 1.40 bits per heavy atom. The predicted molar refractivity (Wildman–Crippen MR) is 56.9 cm³/mol. The van der Waals surface area contributed by atoms with Gasteiger partial charge in [0.25, 0.3) is 5.91 Å². The first-order valence-corrected chi connectivity index (χ1v) is 4.52. The molecule has 2 heterocycles. The topological polar surface area (TPSA) is 64.6 Å². The molecule has 0 aromatic carbocycles. The summed E-state index contributed by atoms with van der Waals surface area (Å²) in [5, 5.41) is 0. The second kappa shape index (κ2) is 3.24. The monoisotopic (exact) mass is 202 g/mol. The number of rotatable bonds is 1. The Balaban J connectivity index is 3.03. The predicted octanol–water partition coefficient (Wildman–Crippen LogP) is 0.707. The van der Waals surface area contributed by atoms with E-state index in [1.807, 2.05) is 6.07 Å². The van der Waals surface area contributed by atoms with Gasteiger partial charge in [0.15, 0.2) is 5.43 Å². The van der Waals surface area contributed by atoms with E-state index in [9.17, 15) is 9.59 Å². The van der Waals surface area contributed by atoms with E-state index in [4.69, 9.17) is 5.73 Å². The lowest BCUT2D eigenvalue weighted by Crippen LogP contribution is -2.23. The van der Waals surface area contributed by atoms with Crippen molar-refractivity contribution < 1.29 is 4.79 Å². The van der Waals surface area contributed by atoms with Gasteiger partial charge in [-0.25, -0.2) is 0 Å². The Morgan fingerprint density at radius 2 is 2.13 bits per heavy atom. The first kappa shape index (κ1) is 9.45. The van der Waals surface area contributed by atoms with Crippen molar-refractivity contribution in [1.82, 2.24) is 4.40 Å².